The molecule has 0 saturated heterocycles. The van der Waals surface area contributed by atoms with Crippen LogP contribution in [0.4, 0.5) is 0 Å². The predicted molar refractivity (Wildman–Crippen MR) is 86.4 cm³/mol. The van der Waals surface area contributed by atoms with Crippen LogP contribution in [0.2, 0.25) is 0 Å². The van der Waals surface area contributed by atoms with Crippen molar-refractivity contribution in [1.29, 1.82) is 0 Å². The molecule has 118 valence electrons. The summed E-state index contributed by atoms with van der Waals surface area (Å²) in [6.07, 6.45) is 2.49. The third-order valence-electron chi connectivity index (χ3n) is 3.39. The third-order valence-corrected chi connectivity index (χ3v) is 3.39. The molecule has 1 unspecified atom stereocenters. The van der Waals surface area contributed by atoms with Gasteiger partial charge in [-0.1, -0.05) is 24.8 Å². The van der Waals surface area contributed by atoms with E-state index >= 15 is 0 Å². The number of esters is 1. The molecule has 3 rings (SSSR count). The Hall–Kier alpha value is -2.75. The first-order valence-corrected chi connectivity index (χ1v) is 7.57. The van der Waals surface area contributed by atoms with Crippen molar-refractivity contribution in [2.75, 3.05) is 0 Å². The minimum absolute atomic E-state index is 0.0303. The summed E-state index contributed by atoms with van der Waals surface area (Å²) in [6, 6.07) is 16.6. The minimum atomic E-state index is -0.774. The lowest BCUT2D eigenvalue weighted by Crippen LogP contribution is -2.22. The van der Waals surface area contributed by atoms with E-state index in [1.807, 2.05) is 30.3 Å². The van der Waals surface area contributed by atoms with E-state index in [0.717, 1.165) is 18.6 Å². The predicted octanol–water partition coefficient (Wildman–Crippen LogP) is 4.32. The van der Waals surface area contributed by atoms with E-state index in [-0.39, 0.29) is 11.9 Å². The second kappa shape index (κ2) is 7.01. The Morgan fingerprint density at radius 1 is 1.00 bits per heavy atom. The first-order chi connectivity index (χ1) is 11.2. The zero-order valence-electron chi connectivity index (χ0n) is 12.7. The second-order valence-corrected chi connectivity index (χ2v) is 5.32. The fraction of sp³-hybridized carbons (Fsp3) is 0.211. The number of carbonyl (C=O) groups is 1. The van der Waals surface area contributed by atoms with Crippen molar-refractivity contribution < 1.29 is 19.0 Å². The monoisotopic (exact) mass is 310 g/mol. The summed E-state index contributed by atoms with van der Waals surface area (Å²) in [7, 11) is 0. The molecular weight excluding hydrogens is 292 g/mol. The number of hydrogen-bond donors (Lipinski definition) is 0. The van der Waals surface area contributed by atoms with Crippen molar-refractivity contribution in [3.8, 4) is 17.2 Å². The van der Waals surface area contributed by atoms with Crippen LogP contribution in [0.1, 0.15) is 12.8 Å². The molecule has 0 spiro atoms. The summed E-state index contributed by atoms with van der Waals surface area (Å²) in [5.74, 6) is 1.86. The molecule has 0 aromatic heterocycles. The molecule has 1 aliphatic carbocycles. The summed E-state index contributed by atoms with van der Waals surface area (Å²) in [5.41, 5.74) is 0. The van der Waals surface area contributed by atoms with Crippen LogP contribution >= 0.6 is 0 Å². The molecule has 1 saturated carbocycles. The Morgan fingerprint density at radius 3 is 2.22 bits per heavy atom. The van der Waals surface area contributed by atoms with Crippen LogP contribution < -0.4 is 9.47 Å². The third kappa shape index (κ3) is 4.36. The molecule has 0 heterocycles. The van der Waals surface area contributed by atoms with E-state index in [1.54, 1.807) is 24.3 Å². The molecule has 0 bridgehead atoms. The highest BCUT2D eigenvalue weighted by atomic mass is 16.7. The summed E-state index contributed by atoms with van der Waals surface area (Å²) in [6.45, 7) is 3.64. The molecule has 1 atom stereocenters. The van der Waals surface area contributed by atoms with Gasteiger partial charge < -0.3 is 14.2 Å². The van der Waals surface area contributed by atoms with E-state index in [4.69, 9.17) is 14.2 Å². The molecule has 4 heteroatoms. The topological polar surface area (TPSA) is 44.8 Å². The van der Waals surface area contributed by atoms with Crippen LogP contribution in [0.5, 0.6) is 17.2 Å². The number of benzene rings is 2. The Labute approximate surface area is 135 Å². The second-order valence-electron chi connectivity index (χ2n) is 5.32. The molecule has 1 fully saturated rings. The van der Waals surface area contributed by atoms with Gasteiger partial charge in [0.2, 0.25) is 0 Å². The lowest BCUT2D eigenvalue weighted by Gasteiger charge is -2.16. The summed E-state index contributed by atoms with van der Waals surface area (Å²) < 4.78 is 16.6. The van der Waals surface area contributed by atoms with E-state index in [1.165, 1.54) is 6.08 Å². The van der Waals surface area contributed by atoms with E-state index in [2.05, 4.69) is 6.58 Å². The van der Waals surface area contributed by atoms with Crippen LogP contribution in [0.25, 0.3) is 0 Å². The quantitative estimate of drug-likeness (QED) is 0.434. The largest absolute Gasteiger partial charge is 0.457 e. The lowest BCUT2D eigenvalue weighted by atomic mass is 10.3. The van der Waals surface area contributed by atoms with Gasteiger partial charge in [0.15, 0.2) is 0 Å². The van der Waals surface area contributed by atoms with Crippen LogP contribution in [-0.2, 0) is 9.53 Å². The molecule has 2 aromatic rings. The molecule has 23 heavy (non-hydrogen) atoms. The lowest BCUT2D eigenvalue weighted by molar-refractivity contribution is -0.159. The van der Waals surface area contributed by atoms with Gasteiger partial charge in [-0.2, -0.15) is 0 Å². The van der Waals surface area contributed by atoms with Gasteiger partial charge in [0, 0.05) is 0 Å². The van der Waals surface area contributed by atoms with Crippen molar-refractivity contribution >= 4 is 5.97 Å². The fourth-order valence-electron chi connectivity index (χ4n) is 2.00. The first kappa shape index (κ1) is 15.2. The van der Waals surface area contributed by atoms with Crippen molar-refractivity contribution in [3.63, 3.8) is 0 Å². The van der Waals surface area contributed by atoms with Crippen LogP contribution in [-0.4, -0.2) is 12.3 Å². The van der Waals surface area contributed by atoms with Crippen molar-refractivity contribution in [3.05, 3.63) is 67.3 Å². The summed E-state index contributed by atoms with van der Waals surface area (Å²) in [4.78, 5) is 11.7. The normalized spacial score (nSPS) is 14.6. The SMILES string of the molecule is C=CC(OC(=O)C1CC1)Oc1ccc(Oc2ccccc2)cc1. The highest BCUT2D eigenvalue weighted by Gasteiger charge is 2.32. The average molecular weight is 310 g/mol. The molecule has 0 aliphatic heterocycles. The number of carbonyl (C=O) groups excluding carboxylic acids is 1. The van der Waals surface area contributed by atoms with Gasteiger partial charge in [0.25, 0.3) is 6.29 Å². The van der Waals surface area contributed by atoms with Crippen molar-refractivity contribution in [2.24, 2.45) is 5.92 Å². The van der Waals surface area contributed by atoms with E-state index in [9.17, 15) is 4.79 Å². The molecular formula is C19H18O4. The standard InChI is InChI=1S/C19H18O4/c1-2-18(23-19(20)14-8-9-14)22-17-12-10-16(11-13-17)21-15-6-4-3-5-7-15/h2-7,10-14,18H,1,8-9H2. The molecule has 4 nitrogen and oxygen atoms in total. The fourth-order valence-corrected chi connectivity index (χ4v) is 2.00. The molecule has 0 radical (unpaired) electrons. The van der Waals surface area contributed by atoms with Gasteiger partial charge in [-0.25, -0.2) is 0 Å². The number of ether oxygens (including phenoxy) is 3. The van der Waals surface area contributed by atoms with E-state index in [0.29, 0.717) is 11.5 Å². The van der Waals surface area contributed by atoms with Crippen LogP contribution in [0, 0.1) is 5.92 Å². The smallest absolute Gasteiger partial charge is 0.312 e. The van der Waals surface area contributed by atoms with E-state index < -0.39 is 6.29 Å². The Balaban J connectivity index is 1.57. The van der Waals surface area contributed by atoms with Gasteiger partial charge in [-0.05, 0) is 55.3 Å². The van der Waals surface area contributed by atoms with Gasteiger partial charge >= 0.3 is 5.97 Å². The maximum Gasteiger partial charge on any atom is 0.312 e. The minimum Gasteiger partial charge on any atom is -0.457 e. The zero-order chi connectivity index (χ0) is 16.1. The van der Waals surface area contributed by atoms with Crippen molar-refractivity contribution in [2.45, 2.75) is 19.1 Å². The number of hydrogen-bond acceptors (Lipinski definition) is 4. The average Bonchev–Trinajstić information content (AvgIpc) is 3.42. The molecule has 0 N–H and O–H groups in total. The Kier molecular flexibility index (Phi) is 4.62. The Morgan fingerprint density at radius 2 is 1.61 bits per heavy atom. The van der Waals surface area contributed by atoms with Gasteiger partial charge in [-0.15, -0.1) is 0 Å². The zero-order valence-corrected chi connectivity index (χ0v) is 12.7. The van der Waals surface area contributed by atoms with Gasteiger partial charge in [-0.3, -0.25) is 4.79 Å². The highest BCUT2D eigenvalue weighted by molar-refractivity contribution is 5.75. The van der Waals surface area contributed by atoms with Gasteiger partial charge in [0.1, 0.15) is 17.2 Å². The first-order valence-electron chi connectivity index (χ1n) is 7.57. The van der Waals surface area contributed by atoms with Crippen molar-refractivity contribution in [1.82, 2.24) is 0 Å². The molecule has 1 aliphatic rings. The Bertz CT molecular complexity index is 660. The summed E-state index contributed by atoms with van der Waals surface area (Å²) in [5, 5.41) is 0. The number of rotatable bonds is 7. The maximum atomic E-state index is 11.7. The number of para-hydroxylation sites is 1. The maximum absolute atomic E-state index is 11.7. The van der Waals surface area contributed by atoms with Gasteiger partial charge in [0.05, 0.1) is 5.92 Å². The highest BCUT2D eigenvalue weighted by Crippen LogP contribution is 2.31. The van der Waals surface area contributed by atoms with Crippen LogP contribution in [0.15, 0.2) is 67.3 Å². The summed E-state index contributed by atoms with van der Waals surface area (Å²) >= 11 is 0. The molecule has 2 aromatic carbocycles. The van der Waals surface area contributed by atoms with Crippen LogP contribution in [0.3, 0.4) is 0 Å². The molecule has 0 amide bonds.